The SMILES string of the molecule is Cn1ccnc1-c1ncc(C(N)=O)c(N)n1. The van der Waals surface area contributed by atoms with Gasteiger partial charge in [-0.05, 0) is 0 Å². The Morgan fingerprint density at radius 3 is 2.69 bits per heavy atom. The van der Waals surface area contributed by atoms with Gasteiger partial charge in [-0.3, -0.25) is 4.79 Å². The fraction of sp³-hybridized carbons (Fsp3) is 0.111. The minimum atomic E-state index is -0.649. The van der Waals surface area contributed by atoms with Crippen LogP contribution in [0.1, 0.15) is 10.4 Å². The van der Waals surface area contributed by atoms with Gasteiger partial charge >= 0.3 is 0 Å². The quantitative estimate of drug-likeness (QED) is 0.709. The molecule has 0 fully saturated rings. The molecule has 2 aromatic rings. The molecule has 0 aromatic carbocycles. The summed E-state index contributed by atoms with van der Waals surface area (Å²) in [5, 5.41) is 0. The molecule has 16 heavy (non-hydrogen) atoms. The molecule has 0 spiro atoms. The Balaban J connectivity index is 2.50. The summed E-state index contributed by atoms with van der Waals surface area (Å²) in [5.41, 5.74) is 10.8. The Bertz CT molecular complexity index is 547. The van der Waals surface area contributed by atoms with Crippen molar-refractivity contribution >= 4 is 11.7 Å². The van der Waals surface area contributed by atoms with Crippen LogP contribution in [0.25, 0.3) is 11.6 Å². The number of carbonyl (C=O) groups is 1. The van der Waals surface area contributed by atoms with E-state index < -0.39 is 5.91 Å². The molecule has 0 aliphatic heterocycles. The number of rotatable bonds is 2. The molecular weight excluding hydrogens is 208 g/mol. The summed E-state index contributed by atoms with van der Waals surface area (Å²) in [7, 11) is 1.81. The summed E-state index contributed by atoms with van der Waals surface area (Å²) in [5.74, 6) is 0.335. The molecular formula is C9H10N6O. The van der Waals surface area contributed by atoms with Crippen LogP contribution in [0.5, 0.6) is 0 Å². The smallest absolute Gasteiger partial charge is 0.254 e. The Morgan fingerprint density at radius 1 is 1.44 bits per heavy atom. The molecule has 7 heteroatoms. The van der Waals surface area contributed by atoms with Gasteiger partial charge in [-0.2, -0.15) is 0 Å². The maximum Gasteiger partial charge on any atom is 0.254 e. The third-order valence-corrected chi connectivity index (χ3v) is 2.10. The molecule has 7 nitrogen and oxygen atoms in total. The highest BCUT2D eigenvalue weighted by Crippen LogP contribution is 2.14. The minimum absolute atomic E-state index is 0.0560. The number of imidazole rings is 1. The lowest BCUT2D eigenvalue weighted by atomic mass is 10.3. The van der Waals surface area contributed by atoms with Crippen molar-refractivity contribution in [1.29, 1.82) is 0 Å². The molecule has 0 radical (unpaired) electrons. The van der Waals surface area contributed by atoms with E-state index in [9.17, 15) is 4.79 Å². The molecule has 0 aliphatic carbocycles. The monoisotopic (exact) mass is 218 g/mol. The van der Waals surface area contributed by atoms with E-state index in [0.29, 0.717) is 11.6 Å². The third-order valence-electron chi connectivity index (χ3n) is 2.10. The van der Waals surface area contributed by atoms with Gasteiger partial charge in [-0.25, -0.2) is 15.0 Å². The first-order valence-corrected chi connectivity index (χ1v) is 4.49. The van der Waals surface area contributed by atoms with Crippen molar-refractivity contribution < 1.29 is 4.79 Å². The molecule has 0 aliphatic rings. The van der Waals surface area contributed by atoms with E-state index >= 15 is 0 Å². The van der Waals surface area contributed by atoms with Gasteiger partial charge in [0.1, 0.15) is 5.82 Å². The molecule has 1 amide bonds. The highest BCUT2D eigenvalue weighted by atomic mass is 16.1. The summed E-state index contributed by atoms with van der Waals surface area (Å²) in [4.78, 5) is 23.0. The van der Waals surface area contributed by atoms with Crippen LogP contribution in [0.3, 0.4) is 0 Å². The van der Waals surface area contributed by atoms with E-state index in [2.05, 4.69) is 15.0 Å². The van der Waals surface area contributed by atoms with Crippen molar-refractivity contribution in [3.8, 4) is 11.6 Å². The van der Waals surface area contributed by atoms with Gasteiger partial charge in [0.15, 0.2) is 11.6 Å². The van der Waals surface area contributed by atoms with Gasteiger partial charge in [0, 0.05) is 25.6 Å². The molecule has 82 valence electrons. The van der Waals surface area contributed by atoms with E-state index in [0.717, 1.165) is 0 Å². The van der Waals surface area contributed by atoms with Crippen LogP contribution in [0.2, 0.25) is 0 Å². The Morgan fingerprint density at radius 2 is 2.19 bits per heavy atom. The molecule has 0 saturated heterocycles. The number of amides is 1. The molecule has 2 rings (SSSR count). The molecule has 2 heterocycles. The number of nitrogens with two attached hydrogens (primary N) is 2. The van der Waals surface area contributed by atoms with Crippen molar-refractivity contribution in [1.82, 2.24) is 19.5 Å². The van der Waals surface area contributed by atoms with Crippen LogP contribution in [0, 0.1) is 0 Å². The summed E-state index contributed by atoms with van der Waals surface area (Å²) < 4.78 is 1.75. The fourth-order valence-corrected chi connectivity index (χ4v) is 1.27. The number of primary amides is 1. The Labute approximate surface area is 91.1 Å². The average molecular weight is 218 g/mol. The molecule has 2 aromatic heterocycles. The maximum atomic E-state index is 10.9. The second-order valence-electron chi connectivity index (χ2n) is 3.22. The van der Waals surface area contributed by atoms with Crippen LogP contribution >= 0.6 is 0 Å². The van der Waals surface area contributed by atoms with E-state index in [4.69, 9.17) is 11.5 Å². The topological polar surface area (TPSA) is 113 Å². The first-order valence-electron chi connectivity index (χ1n) is 4.49. The van der Waals surface area contributed by atoms with E-state index in [-0.39, 0.29) is 11.4 Å². The summed E-state index contributed by atoms with van der Waals surface area (Å²) in [6, 6.07) is 0. The minimum Gasteiger partial charge on any atom is -0.383 e. The number of aryl methyl sites for hydroxylation is 1. The normalized spacial score (nSPS) is 10.3. The Hall–Kier alpha value is -2.44. The lowest BCUT2D eigenvalue weighted by Crippen LogP contribution is -2.15. The third kappa shape index (κ3) is 1.58. The summed E-state index contributed by atoms with van der Waals surface area (Å²) >= 11 is 0. The molecule has 0 unspecified atom stereocenters. The number of nitrogen functional groups attached to an aromatic ring is 1. The maximum absolute atomic E-state index is 10.9. The van der Waals surface area contributed by atoms with E-state index in [1.807, 2.05) is 7.05 Å². The van der Waals surface area contributed by atoms with Crippen molar-refractivity contribution in [2.75, 3.05) is 5.73 Å². The van der Waals surface area contributed by atoms with Crippen LogP contribution in [0.4, 0.5) is 5.82 Å². The number of anilines is 1. The zero-order valence-electron chi connectivity index (χ0n) is 8.58. The zero-order valence-corrected chi connectivity index (χ0v) is 8.58. The first-order chi connectivity index (χ1) is 7.59. The standard InChI is InChI=1S/C9H10N6O/c1-15-3-2-12-9(15)8-13-4-5(7(11)16)6(10)14-8/h2-4H,1H3,(H2,11,16)(H2,10,13,14). The highest BCUT2D eigenvalue weighted by Gasteiger charge is 2.12. The number of hydrogen-bond acceptors (Lipinski definition) is 5. The van der Waals surface area contributed by atoms with Gasteiger partial charge in [-0.1, -0.05) is 0 Å². The van der Waals surface area contributed by atoms with Gasteiger partial charge in [0.25, 0.3) is 5.91 Å². The predicted octanol–water partition coefficient (Wildman–Crippen LogP) is -0.442. The van der Waals surface area contributed by atoms with Gasteiger partial charge in [0.05, 0.1) is 5.56 Å². The Kier molecular flexibility index (Phi) is 2.28. The summed E-state index contributed by atoms with van der Waals surface area (Å²) in [6.45, 7) is 0. The first kappa shape index (κ1) is 10.1. The van der Waals surface area contributed by atoms with Crippen LogP contribution < -0.4 is 11.5 Å². The number of hydrogen-bond donors (Lipinski definition) is 2. The highest BCUT2D eigenvalue weighted by molar-refractivity contribution is 5.96. The molecule has 0 bridgehead atoms. The average Bonchev–Trinajstić information content (AvgIpc) is 2.63. The number of nitrogens with zero attached hydrogens (tertiary/aromatic N) is 4. The van der Waals surface area contributed by atoms with Crippen molar-refractivity contribution in [2.24, 2.45) is 12.8 Å². The number of carbonyl (C=O) groups excluding carboxylic acids is 1. The zero-order chi connectivity index (χ0) is 11.7. The van der Waals surface area contributed by atoms with Crippen molar-refractivity contribution in [3.05, 3.63) is 24.2 Å². The fourth-order valence-electron chi connectivity index (χ4n) is 1.27. The molecule has 0 atom stereocenters. The summed E-state index contributed by atoms with van der Waals surface area (Å²) in [6.07, 6.45) is 4.68. The second-order valence-corrected chi connectivity index (χ2v) is 3.22. The lowest BCUT2D eigenvalue weighted by molar-refractivity contribution is 0.100. The molecule has 0 saturated carbocycles. The molecule has 4 N–H and O–H groups in total. The van der Waals surface area contributed by atoms with Crippen molar-refractivity contribution in [2.45, 2.75) is 0 Å². The van der Waals surface area contributed by atoms with Gasteiger partial charge < -0.3 is 16.0 Å². The second kappa shape index (κ2) is 3.61. The van der Waals surface area contributed by atoms with Gasteiger partial charge in [-0.15, -0.1) is 0 Å². The van der Waals surface area contributed by atoms with Crippen LogP contribution in [-0.2, 0) is 7.05 Å². The lowest BCUT2D eigenvalue weighted by Gasteiger charge is -2.03. The van der Waals surface area contributed by atoms with E-state index in [1.54, 1.807) is 17.0 Å². The van der Waals surface area contributed by atoms with Crippen molar-refractivity contribution in [3.63, 3.8) is 0 Å². The van der Waals surface area contributed by atoms with Gasteiger partial charge in [0.2, 0.25) is 0 Å². The largest absolute Gasteiger partial charge is 0.383 e. The number of aromatic nitrogens is 4. The van der Waals surface area contributed by atoms with Crippen LogP contribution in [0.15, 0.2) is 18.6 Å². The predicted molar refractivity (Wildman–Crippen MR) is 57.2 cm³/mol. The van der Waals surface area contributed by atoms with Crippen LogP contribution in [-0.4, -0.2) is 25.4 Å². The van der Waals surface area contributed by atoms with E-state index in [1.165, 1.54) is 6.20 Å².